The number of rotatable bonds is 13. The van der Waals surface area contributed by atoms with Crippen molar-refractivity contribution in [3.8, 4) is 45.6 Å². The Labute approximate surface area is 315 Å². The van der Waals surface area contributed by atoms with E-state index in [1.807, 2.05) is 48.5 Å². The molecule has 0 saturated heterocycles. The Morgan fingerprint density at radius 2 is 0.630 bits per heavy atom. The number of hydrogen-bond donors (Lipinski definition) is 0. The van der Waals surface area contributed by atoms with Gasteiger partial charge < -0.3 is 27.1 Å². The van der Waals surface area contributed by atoms with Crippen LogP contribution in [-0.2, 0) is 34.8 Å². The second kappa shape index (κ2) is 15.9. The molecule has 0 unspecified atom stereocenters. The third-order valence-electron chi connectivity index (χ3n) is 9.50. The van der Waals surface area contributed by atoms with Crippen LogP contribution in [0.1, 0.15) is 47.9 Å². The number of fused-ring (bicyclic) bond motifs is 2. The molecule has 2 aliphatic rings. The van der Waals surface area contributed by atoms with Gasteiger partial charge in [-0.3, -0.25) is 0 Å². The summed E-state index contributed by atoms with van der Waals surface area (Å²) < 4.78 is 67.3. The summed E-state index contributed by atoms with van der Waals surface area (Å²) in [5, 5.41) is 0. The fraction of sp³-hybridized carbons (Fsp3) is 0.182. The minimum absolute atomic E-state index is 0.303. The summed E-state index contributed by atoms with van der Waals surface area (Å²) in [4.78, 5) is 0. The molecule has 8 nitrogen and oxygen atoms in total. The Kier molecular flexibility index (Phi) is 10.5. The summed E-state index contributed by atoms with van der Waals surface area (Å²) >= 11 is 0. The largest absolute Gasteiger partial charge is 0.647 e. The van der Waals surface area contributed by atoms with Crippen molar-refractivity contribution < 1.29 is 36.3 Å². The Balaban J connectivity index is 1.29. The highest BCUT2D eigenvalue weighted by Crippen LogP contribution is 2.57. The predicted octanol–water partition coefficient (Wildman–Crippen LogP) is 12.4. The van der Waals surface area contributed by atoms with E-state index in [1.165, 1.54) is 0 Å². The van der Waals surface area contributed by atoms with E-state index in [0.29, 0.717) is 45.6 Å². The first-order chi connectivity index (χ1) is 26.4. The van der Waals surface area contributed by atoms with Crippen molar-refractivity contribution >= 4 is 15.6 Å². The van der Waals surface area contributed by atoms with Gasteiger partial charge in [-0.25, -0.2) is 0 Å². The van der Waals surface area contributed by atoms with E-state index >= 15 is 0 Å². The maximum Gasteiger partial charge on any atom is 0.647 e. The Bertz CT molecular complexity index is 2050. The molecule has 54 heavy (non-hydrogen) atoms. The van der Waals surface area contributed by atoms with Crippen LogP contribution in [0.25, 0.3) is 11.1 Å². The zero-order chi connectivity index (χ0) is 36.8. The average molecular weight is 759 g/mol. The molecule has 0 radical (unpaired) electrons. The molecule has 0 aliphatic heterocycles. The summed E-state index contributed by atoms with van der Waals surface area (Å²) in [5.74, 6) is 1.92. The Hall–Kier alpha value is -5.42. The molecule has 6 aromatic carbocycles. The highest BCUT2D eigenvalue weighted by molar-refractivity contribution is 7.50. The quantitative estimate of drug-likeness (QED) is 0.108. The molecule has 0 spiro atoms. The first kappa shape index (κ1) is 35.6. The Morgan fingerprint density at radius 1 is 0.333 bits per heavy atom. The van der Waals surface area contributed by atoms with Gasteiger partial charge in [-0.1, -0.05) is 84.9 Å². The molecule has 8 rings (SSSR count). The number of aryl methyl sites for hydroxylation is 2. The average Bonchev–Trinajstić information content (AvgIpc) is 3.19. The number of phosphoric acid groups is 2. The van der Waals surface area contributed by atoms with Gasteiger partial charge in [-0.2, -0.15) is 9.13 Å². The van der Waals surface area contributed by atoms with E-state index < -0.39 is 15.6 Å². The monoisotopic (exact) mass is 758 g/mol. The van der Waals surface area contributed by atoms with Crippen LogP contribution in [0.15, 0.2) is 146 Å². The molecule has 0 saturated carbocycles. The van der Waals surface area contributed by atoms with Crippen LogP contribution in [0, 0.1) is 0 Å². The van der Waals surface area contributed by atoms with Crippen molar-refractivity contribution in [1.29, 1.82) is 0 Å². The number of para-hydroxylation sites is 4. The lowest BCUT2D eigenvalue weighted by Crippen LogP contribution is -2.14. The van der Waals surface area contributed by atoms with E-state index in [9.17, 15) is 9.13 Å². The second-order valence-corrected chi connectivity index (χ2v) is 16.1. The van der Waals surface area contributed by atoms with Crippen molar-refractivity contribution in [1.82, 2.24) is 0 Å². The summed E-state index contributed by atoms with van der Waals surface area (Å²) in [5.41, 5.74) is 5.85. The van der Waals surface area contributed by atoms with E-state index in [4.69, 9.17) is 27.1 Å². The van der Waals surface area contributed by atoms with Gasteiger partial charge in [0.25, 0.3) is 0 Å². The number of phosphoric ester groups is 2. The molecule has 0 heterocycles. The SMILES string of the molecule is O=P(Oc1ccccc1)(Oc1ccccc1)Oc1ccc2c(c1-c1c(OP(=O)(Oc3ccccc3)Oc3ccccc3)ccc3c1CCCC3)CCCC2. The second-order valence-electron chi connectivity index (χ2n) is 13.3. The van der Waals surface area contributed by atoms with Gasteiger partial charge in [0, 0.05) is 11.1 Å². The molecule has 274 valence electrons. The maximum absolute atomic E-state index is 14.9. The Morgan fingerprint density at radius 3 is 0.944 bits per heavy atom. The summed E-state index contributed by atoms with van der Waals surface area (Å²) in [7, 11) is -8.78. The first-order valence-electron chi connectivity index (χ1n) is 18.3. The standard InChI is InChI=1S/C44H40O8P2/c45-53(47-35-19-5-1-6-20-35,48-36-21-7-2-8-22-36)51-41-31-29-33-17-13-15-27-39(33)43(41)44-40-28-16-14-18-34(40)30-32-42(44)52-54(46,49-37-23-9-3-10-24-37)50-38-25-11-4-12-26-38/h1-12,19-26,29-32H,13-18,27-28H2. The van der Waals surface area contributed by atoms with Crippen LogP contribution in [-0.4, -0.2) is 0 Å². The molecule has 0 bridgehead atoms. The minimum Gasteiger partial charge on any atom is -0.386 e. The van der Waals surface area contributed by atoms with Crippen molar-refractivity contribution in [3.05, 3.63) is 168 Å². The van der Waals surface area contributed by atoms with Crippen LogP contribution in [0.3, 0.4) is 0 Å². The van der Waals surface area contributed by atoms with Gasteiger partial charge in [0.1, 0.15) is 34.5 Å². The van der Waals surface area contributed by atoms with Gasteiger partial charge in [-0.15, -0.1) is 0 Å². The molecule has 0 aromatic heterocycles. The van der Waals surface area contributed by atoms with Gasteiger partial charge in [-0.05, 0) is 134 Å². The highest BCUT2D eigenvalue weighted by atomic mass is 31.2. The van der Waals surface area contributed by atoms with Crippen LogP contribution in [0.4, 0.5) is 0 Å². The number of benzene rings is 6. The van der Waals surface area contributed by atoms with Crippen molar-refractivity contribution in [2.24, 2.45) is 0 Å². The van der Waals surface area contributed by atoms with Crippen LogP contribution in [0.5, 0.6) is 34.5 Å². The molecule has 6 aromatic rings. The molecule has 0 fully saturated rings. The van der Waals surface area contributed by atoms with Crippen molar-refractivity contribution in [3.63, 3.8) is 0 Å². The molecular formula is C44H40O8P2. The summed E-state index contributed by atoms with van der Waals surface area (Å²) in [6.45, 7) is 0. The number of hydrogen-bond acceptors (Lipinski definition) is 8. The van der Waals surface area contributed by atoms with Crippen molar-refractivity contribution in [2.75, 3.05) is 0 Å². The topological polar surface area (TPSA) is 89.5 Å². The minimum atomic E-state index is -4.39. The molecule has 0 N–H and O–H groups in total. The first-order valence-corrected chi connectivity index (χ1v) is 21.2. The van der Waals surface area contributed by atoms with Gasteiger partial charge in [0.05, 0.1) is 0 Å². The highest BCUT2D eigenvalue weighted by Gasteiger charge is 2.39. The third kappa shape index (κ3) is 8.21. The van der Waals surface area contributed by atoms with Gasteiger partial charge >= 0.3 is 15.6 Å². The lowest BCUT2D eigenvalue weighted by molar-refractivity contribution is 0.295. The predicted molar refractivity (Wildman–Crippen MR) is 210 cm³/mol. The van der Waals surface area contributed by atoms with Gasteiger partial charge in [0.15, 0.2) is 0 Å². The lowest BCUT2D eigenvalue weighted by atomic mass is 9.80. The fourth-order valence-corrected chi connectivity index (χ4v) is 9.64. The molecular weight excluding hydrogens is 718 g/mol. The van der Waals surface area contributed by atoms with E-state index in [2.05, 4.69) is 0 Å². The van der Waals surface area contributed by atoms with Crippen LogP contribution >= 0.6 is 15.6 Å². The zero-order valence-electron chi connectivity index (χ0n) is 29.7. The molecule has 10 heteroatoms. The smallest absolute Gasteiger partial charge is 0.386 e. The lowest BCUT2D eigenvalue weighted by Gasteiger charge is -2.29. The molecule has 0 atom stereocenters. The van der Waals surface area contributed by atoms with Crippen LogP contribution < -0.4 is 27.1 Å². The summed E-state index contributed by atoms with van der Waals surface area (Å²) in [6.07, 6.45) is 7.26. The van der Waals surface area contributed by atoms with Gasteiger partial charge in [0.2, 0.25) is 0 Å². The summed E-state index contributed by atoms with van der Waals surface area (Å²) in [6, 6.07) is 43.1. The van der Waals surface area contributed by atoms with Crippen molar-refractivity contribution in [2.45, 2.75) is 51.4 Å². The maximum atomic E-state index is 14.9. The molecule has 2 aliphatic carbocycles. The van der Waals surface area contributed by atoms with E-state index in [-0.39, 0.29) is 0 Å². The third-order valence-corrected chi connectivity index (χ3v) is 12.1. The van der Waals surface area contributed by atoms with E-state index in [0.717, 1.165) is 73.6 Å². The van der Waals surface area contributed by atoms with Crippen LogP contribution in [0.2, 0.25) is 0 Å². The van der Waals surface area contributed by atoms with E-state index in [1.54, 1.807) is 97.1 Å². The normalized spacial score (nSPS) is 13.9. The zero-order valence-corrected chi connectivity index (χ0v) is 31.5. The molecule has 0 amide bonds. The fourth-order valence-electron chi connectivity index (χ4n) is 7.11.